The molecule has 9 heteroatoms. The number of anilines is 5. The molecule has 0 unspecified atom stereocenters. The second kappa shape index (κ2) is 9.45. The monoisotopic (exact) mass is 437 g/mol. The molecule has 0 saturated heterocycles. The quantitative estimate of drug-likeness (QED) is 0.356. The summed E-state index contributed by atoms with van der Waals surface area (Å²) < 4.78 is 18.0. The van der Waals surface area contributed by atoms with Crippen LogP contribution in [0.5, 0.6) is 5.75 Å². The molecule has 160 valence electrons. The lowest BCUT2D eigenvalue weighted by atomic mass is 10.2. The van der Waals surface area contributed by atoms with Gasteiger partial charge in [0, 0.05) is 17.1 Å². The van der Waals surface area contributed by atoms with Gasteiger partial charge in [0.1, 0.15) is 30.9 Å². The summed E-state index contributed by atoms with van der Waals surface area (Å²) in [6, 6.07) is 14.3. The zero-order valence-corrected chi connectivity index (χ0v) is 18.4. The molecule has 0 radical (unpaired) electrons. The lowest BCUT2D eigenvalue weighted by Gasteiger charge is -2.15. The molecule has 3 aromatic rings. The molecule has 0 saturated carbocycles. The summed E-state index contributed by atoms with van der Waals surface area (Å²) in [5.41, 5.74) is 1.92. The van der Waals surface area contributed by atoms with Gasteiger partial charge in [-0.15, -0.1) is 0 Å². The van der Waals surface area contributed by atoms with Gasteiger partial charge in [0.15, 0.2) is 0 Å². The number of nitrogens with zero attached hydrogens (tertiary/aromatic N) is 2. The number of rotatable bonds is 8. The maximum atomic E-state index is 12.6. The average molecular weight is 437 g/mol. The predicted molar refractivity (Wildman–Crippen MR) is 126 cm³/mol. The lowest BCUT2D eigenvalue weighted by Crippen LogP contribution is -2.10. The Hall–Kier alpha value is -3.64. The normalized spacial score (nSPS) is 10.8. The molecule has 0 atom stereocenters. The van der Waals surface area contributed by atoms with Crippen LogP contribution in [-0.4, -0.2) is 36.3 Å². The van der Waals surface area contributed by atoms with Crippen molar-refractivity contribution >= 4 is 47.1 Å². The van der Waals surface area contributed by atoms with Crippen molar-refractivity contribution in [2.75, 3.05) is 36.4 Å². The van der Waals surface area contributed by atoms with Gasteiger partial charge >= 0.3 is 0 Å². The number of amides is 1. The van der Waals surface area contributed by atoms with Crippen LogP contribution >= 0.6 is 7.14 Å². The molecule has 31 heavy (non-hydrogen) atoms. The van der Waals surface area contributed by atoms with Gasteiger partial charge in [-0.05, 0) is 49.7 Å². The molecule has 0 aliphatic carbocycles. The number of nitrogens with one attached hydrogen (secondary N) is 3. The third-order valence-electron chi connectivity index (χ3n) is 4.33. The molecule has 0 aliphatic heterocycles. The fourth-order valence-corrected chi connectivity index (χ4v) is 4.05. The minimum Gasteiger partial charge on any atom is -0.495 e. The summed E-state index contributed by atoms with van der Waals surface area (Å²) >= 11 is 0. The summed E-state index contributed by atoms with van der Waals surface area (Å²) in [5, 5.41) is 9.85. The van der Waals surface area contributed by atoms with E-state index in [2.05, 4.69) is 32.5 Å². The Morgan fingerprint density at radius 2 is 1.71 bits per heavy atom. The molecule has 1 amide bonds. The van der Waals surface area contributed by atoms with E-state index in [0.29, 0.717) is 28.8 Å². The number of hydrogen-bond donors (Lipinski definition) is 3. The van der Waals surface area contributed by atoms with Crippen molar-refractivity contribution < 1.29 is 14.1 Å². The van der Waals surface area contributed by atoms with Gasteiger partial charge < -0.3 is 25.3 Å². The number of carbonyl (C=O) groups is 1. The Kier molecular flexibility index (Phi) is 6.72. The highest BCUT2D eigenvalue weighted by Gasteiger charge is 2.16. The maximum absolute atomic E-state index is 12.6. The first-order valence-electron chi connectivity index (χ1n) is 9.42. The van der Waals surface area contributed by atoms with Gasteiger partial charge in [-0.1, -0.05) is 18.7 Å². The van der Waals surface area contributed by atoms with Crippen molar-refractivity contribution in [1.29, 1.82) is 0 Å². The summed E-state index contributed by atoms with van der Waals surface area (Å²) in [5.74, 6) is 1.31. The highest BCUT2D eigenvalue weighted by atomic mass is 31.2. The molecule has 1 aromatic heterocycles. The van der Waals surface area contributed by atoms with Crippen molar-refractivity contribution in [3.8, 4) is 5.75 Å². The van der Waals surface area contributed by atoms with E-state index in [1.54, 1.807) is 44.7 Å². The van der Waals surface area contributed by atoms with E-state index in [-0.39, 0.29) is 5.91 Å². The van der Waals surface area contributed by atoms with Crippen molar-refractivity contribution in [2.24, 2.45) is 0 Å². The van der Waals surface area contributed by atoms with E-state index in [1.807, 2.05) is 24.3 Å². The molecular formula is C22H24N5O3P. The first-order chi connectivity index (χ1) is 14.8. The molecule has 3 N–H and O–H groups in total. The number of aromatic nitrogens is 2. The van der Waals surface area contributed by atoms with E-state index in [4.69, 9.17) is 4.74 Å². The lowest BCUT2D eigenvalue weighted by molar-refractivity contribution is -0.111. The SMILES string of the molecule is C=CC(=O)Nc1ccc(OC)c(Nc2cc(Nc3ccccc3P(C)(C)=O)ncn2)c1. The van der Waals surface area contributed by atoms with Crippen LogP contribution < -0.4 is 26.0 Å². The molecule has 1 heterocycles. The molecule has 0 fully saturated rings. The third-order valence-corrected chi connectivity index (χ3v) is 5.88. The molecule has 8 nitrogen and oxygen atoms in total. The van der Waals surface area contributed by atoms with Crippen LogP contribution in [0.1, 0.15) is 0 Å². The first-order valence-corrected chi connectivity index (χ1v) is 12.0. The van der Waals surface area contributed by atoms with Gasteiger partial charge in [-0.3, -0.25) is 4.79 Å². The van der Waals surface area contributed by atoms with Gasteiger partial charge in [0.2, 0.25) is 5.91 Å². The summed E-state index contributed by atoms with van der Waals surface area (Å²) in [7, 11) is -0.914. The van der Waals surface area contributed by atoms with Crippen molar-refractivity contribution in [2.45, 2.75) is 0 Å². The van der Waals surface area contributed by atoms with Gasteiger partial charge in [0.05, 0.1) is 18.5 Å². The average Bonchev–Trinajstić information content (AvgIpc) is 2.74. The standard InChI is InChI=1S/C22H24N5O3P/c1-5-22(28)25-15-10-11-18(30-2)17(12-15)27-21-13-20(23-14-24-21)26-16-8-6-7-9-19(16)31(3,4)29/h5-14H,1H2,2-4H3,(H,25,28)(H2,23,24,26,27). The second-order valence-electron chi connectivity index (χ2n) is 7.01. The Morgan fingerprint density at radius 3 is 2.35 bits per heavy atom. The Balaban J connectivity index is 1.87. The Bertz CT molecular complexity index is 1160. The van der Waals surface area contributed by atoms with E-state index in [1.165, 1.54) is 12.4 Å². The van der Waals surface area contributed by atoms with E-state index >= 15 is 0 Å². The second-order valence-corrected chi connectivity index (χ2v) is 10.2. The molecule has 0 aliphatic rings. The minimum atomic E-state index is -2.47. The smallest absolute Gasteiger partial charge is 0.247 e. The Morgan fingerprint density at radius 1 is 1.03 bits per heavy atom. The van der Waals surface area contributed by atoms with Crippen LogP contribution in [0, 0.1) is 0 Å². The molecule has 0 bridgehead atoms. The predicted octanol–water partition coefficient (Wildman–Crippen LogP) is 4.34. The number of carbonyl (C=O) groups excluding carboxylic acids is 1. The van der Waals surface area contributed by atoms with Crippen LogP contribution in [0.15, 0.2) is 67.5 Å². The van der Waals surface area contributed by atoms with Gasteiger partial charge in [0.25, 0.3) is 0 Å². The highest BCUT2D eigenvalue weighted by Crippen LogP contribution is 2.38. The van der Waals surface area contributed by atoms with Crippen LogP contribution in [-0.2, 0) is 9.36 Å². The van der Waals surface area contributed by atoms with E-state index in [9.17, 15) is 9.36 Å². The molecule has 0 spiro atoms. The van der Waals surface area contributed by atoms with Crippen LogP contribution in [0.4, 0.5) is 28.7 Å². The molecular weight excluding hydrogens is 413 g/mol. The van der Waals surface area contributed by atoms with Crippen molar-refractivity contribution in [3.05, 3.63) is 67.5 Å². The summed E-state index contributed by atoms with van der Waals surface area (Å²) in [6.45, 7) is 6.91. The topological polar surface area (TPSA) is 105 Å². The Labute approximate surface area is 181 Å². The fourth-order valence-electron chi connectivity index (χ4n) is 2.90. The van der Waals surface area contributed by atoms with Crippen molar-refractivity contribution in [3.63, 3.8) is 0 Å². The highest BCUT2D eigenvalue weighted by molar-refractivity contribution is 7.70. The number of methoxy groups -OCH3 is 1. The fraction of sp³-hybridized carbons (Fsp3) is 0.136. The van der Waals surface area contributed by atoms with Gasteiger partial charge in [-0.2, -0.15) is 0 Å². The number of benzene rings is 2. The largest absolute Gasteiger partial charge is 0.495 e. The zero-order chi connectivity index (χ0) is 22.4. The minimum absolute atomic E-state index is 0.313. The number of hydrogen-bond acceptors (Lipinski definition) is 7. The maximum Gasteiger partial charge on any atom is 0.247 e. The van der Waals surface area contributed by atoms with E-state index < -0.39 is 7.14 Å². The van der Waals surface area contributed by atoms with Crippen LogP contribution in [0.2, 0.25) is 0 Å². The van der Waals surface area contributed by atoms with E-state index in [0.717, 1.165) is 11.0 Å². The zero-order valence-electron chi connectivity index (χ0n) is 17.5. The van der Waals surface area contributed by atoms with Crippen LogP contribution in [0.3, 0.4) is 0 Å². The summed E-state index contributed by atoms with van der Waals surface area (Å²) in [6.07, 6.45) is 2.61. The third kappa shape index (κ3) is 5.71. The summed E-state index contributed by atoms with van der Waals surface area (Å²) in [4.78, 5) is 20.1. The van der Waals surface area contributed by atoms with Crippen molar-refractivity contribution in [1.82, 2.24) is 9.97 Å². The van der Waals surface area contributed by atoms with Gasteiger partial charge in [-0.25, -0.2) is 9.97 Å². The molecule has 2 aromatic carbocycles. The number of para-hydroxylation sites is 1. The van der Waals surface area contributed by atoms with Crippen LogP contribution in [0.25, 0.3) is 0 Å². The number of ether oxygens (including phenoxy) is 1. The first kappa shape index (κ1) is 22.1. The molecule has 3 rings (SSSR count).